The zero-order chi connectivity index (χ0) is 9.68. The van der Waals surface area contributed by atoms with E-state index in [1.807, 2.05) is 6.20 Å². The molecule has 1 amide bonds. The molecule has 1 aromatic heterocycles. The molecule has 0 fully saturated rings. The molecule has 0 aliphatic rings. The molecule has 0 bridgehead atoms. The number of rotatable bonds is 5. The predicted molar refractivity (Wildman–Crippen MR) is 52.4 cm³/mol. The molecule has 1 rings (SSSR count). The molecule has 0 radical (unpaired) electrons. The molecule has 0 aliphatic heterocycles. The highest BCUT2D eigenvalue weighted by Gasteiger charge is 1.99. The van der Waals surface area contributed by atoms with Crippen LogP contribution in [-0.4, -0.2) is 17.4 Å². The number of hydrogen-bond acceptors (Lipinski definition) is 4. The first-order valence-electron chi connectivity index (χ1n) is 4.15. The highest BCUT2D eigenvalue weighted by atomic mass is 32.1. The quantitative estimate of drug-likeness (QED) is 0.715. The molecule has 0 saturated heterocycles. The number of carbonyl (C=O) groups is 1. The van der Waals surface area contributed by atoms with Gasteiger partial charge in [0.05, 0.1) is 11.6 Å². The summed E-state index contributed by atoms with van der Waals surface area (Å²) in [7, 11) is 0. The number of thiazole rings is 1. The summed E-state index contributed by atoms with van der Waals surface area (Å²) in [4.78, 5) is 15.7. The standard InChI is InChI=1S/C8H13N3OS/c1-2-8-11-4-6(13-8)3-10-5-7(9)12/h4,10H,2-3,5H2,1H3,(H2,9,12). The summed E-state index contributed by atoms with van der Waals surface area (Å²) in [5.41, 5.74) is 4.97. The lowest BCUT2D eigenvalue weighted by Gasteiger charge is -1.97. The van der Waals surface area contributed by atoms with E-state index in [9.17, 15) is 4.79 Å². The maximum atomic E-state index is 10.4. The number of amides is 1. The third-order valence-corrected chi connectivity index (χ3v) is 2.64. The average molecular weight is 199 g/mol. The van der Waals surface area contributed by atoms with Gasteiger partial charge in [-0.05, 0) is 6.42 Å². The van der Waals surface area contributed by atoms with Crippen LogP contribution in [0.15, 0.2) is 6.20 Å². The van der Waals surface area contributed by atoms with Crippen LogP contribution in [0.2, 0.25) is 0 Å². The molecule has 0 aliphatic carbocycles. The van der Waals surface area contributed by atoms with E-state index < -0.39 is 0 Å². The van der Waals surface area contributed by atoms with Crippen LogP contribution in [0.4, 0.5) is 0 Å². The zero-order valence-corrected chi connectivity index (χ0v) is 8.36. The maximum absolute atomic E-state index is 10.4. The minimum absolute atomic E-state index is 0.222. The summed E-state index contributed by atoms with van der Waals surface area (Å²) >= 11 is 1.66. The van der Waals surface area contributed by atoms with E-state index in [1.165, 1.54) is 0 Å². The summed E-state index contributed by atoms with van der Waals surface area (Å²) < 4.78 is 0. The summed E-state index contributed by atoms with van der Waals surface area (Å²) in [6, 6.07) is 0. The molecule has 13 heavy (non-hydrogen) atoms. The van der Waals surface area contributed by atoms with Crippen LogP contribution in [-0.2, 0) is 17.8 Å². The van der Waals surface area contributed by atoms with Gasteiger partial charge in [-0.3, -0.25) is 4.79 Å². The predicted octanol–water partition coefficient (Wildman–Crippen LogP) is 0.280. The lowest BCUT2D eigenvalue weighted by atomic mass is 10.5. The first-order chi connectivity index (χ1) is 6.22. The van der Waals surface area contributed by atoms with Crippen LogP contribution in [0.1, 0.15) is 16.8 Å². The van der Waals surface area contributed by atoms with Gasteiger partial charge in [0.15, 0.2) is 0 Å². The van der Waals surface area contributed by atoms with Crippen molar-refractivity contribution in [3.8, 4) is 0 Å². The zero-order valence-electron chi connectivity index (χ0n) is 7.54. The Balaban J connectivity index is 2.32. The van der Waals surface area contributed by atoms with Crippen molar-refractivity contribution in [3.63, 3.8) is 0 Å². The molecule has 0 spiro atoms. The third-order valence-electron chi connectivity index (χ3n) is 1.50. The second-order valence-corrected chi connectivity index (χ2v) is 3.84. The smallest absolute Gasteiger partial charge is 0.231 e. The Hall–Kier alpha value is -0.940. The van der Waals surface area contributed by atoms with Gasteiger partial charge in [0.25, 0.3) is 0 Å². The van der Waals surface area contributed by atoms with E-state index in [1.54, 1.807) is 11.3 Å². The Morgan fingerprint density at radius 3 is 3.08 bits per heavy atom. The molecule has 4 nitrogen and oxygen atoms in total. The topological polar surface area (TPSA) is 68.0 Å². The highest BCUT2D eigenvalue weighted by molar-refractivity contribution is 7.11. The molecule has 0 aromatic carbocycles. The highest BCUT2D eigenvalue weighted by Crippen LogP contribution is 2.12. The number of aromatic nitrogens is 1. The van der Waals surface area contributed by atoms with Crippen molar-refractivity contribution in [1.82, 2.24) is 10.3 Å². The Kier molecular flexibility index (Phi) is 3.85. The number of hydrogen-bond donors (Lipinski definition) is 2. The molecule has 1 aromatic rings. The fourth-order valence-electron chi connectivity index (χ4n) is 0.902. The molecule has 0 saturated carbocycles. The van der Waals surface area contributed by atoms with E-state index in [2.05, 4.69) is 17.2 Å². The van der Waals surface area contributed by atoms with Gasteiger partial charge >= 0.3 is 0 Å². The normalized spacial score (nSPS) is 10.2. The lowest BCUT2D eigenvalue weighted by Crippen LogP contribution is -2.27. The number of aryl methyl sites for hydroxylation is 1. The van der Waals surface area contributed by atoms with Crippen molar-refractivity contribution < 1.29 is 4.79 Å². The van der Waals surface area contributed by atoms with Crippen LogP contribution in [0, 0.1) is 0 Å². The van der Waals surface area contributed by atoms with Crippen LogP contribution in [0.25, 0.3) is 0 Å². The summed E-state index contributed by atoms with van der Waals surface area (Å²) in [5.74, 6) is -0.333. The third kappa shape index (κ3) is 3.52. The summed E-state index contributed by atoms with van der Waals surface area (Å²) in [6.07, 6.45) is 2.79. The van der Waals surface area contributed by atoms with Crippen LogP contribution < -0.4 is 11.1 Å². The lowest BCUT2D eigenvalue weighted by molar-refractivity contribution is -0.117. The molecular weight excluding hydrogens is 186 g/mol. The van der Waals surface area contributed by atoms with Gasteiger partial charge in [-0.2, -0.15) is 0 Å². The van der Waals surface area contributed by atoms with E-state index in [-0.39, 0.29) is 12.5 Å². The Bertz CT molecular complexity index is 285. The SMILES string of the molecule is CCc1ncc(CNCC(N)=O)s1. The van der Waals surface area contributed by atoms with Crippen molar-refractivity contribution in [1.29, 1.82) is 0 Å². The molecule has 3 N–H and O–H groups in total. The molecule has 0 unspecified atom stereocenters. The fraction of sp³-hybridized carbons (Fsp3) is 0.500. The Labute approximate surface area is 81.2 Å². The minimum Gasteiger partial charge on any atom is -0.369 e. The van der Waals surface area contributed by atoms with Crippen molar-refractivity contribution in [2.24, 2.45) is 5.73 Å². The monoisotopic (exact) mass is 199 g/mol. The van der Waals surface area contributed by atoms with Crippen LogP contribution in [0.5, 0.6) is 0 Å². The van der Waals surface area contributed by atoms with E-state index in [0.717, 1.165) is 16.3 Å². The fourth-order valence-corrected chi connectivity index (χ4v) is 1.73. The Morgan fingerprint density at radius 2 is 2.54 bits per heavy atom. The molecule has 5 heteroatoms. The first-order valence-corrected chi connectivity index (χ1v) is 4.96. The number of primary amides is 1. The number of nitrogens with zero attached hydrogens (tertiary/aromatic N) is 1. The van der Waals surface area contributed by atoms with Crippen molar-refractivity contribution >= 4 is 17.2 Å². The Morgan fingerprint density at radius 1 is 1.77 bits per heavy atom. The van der Waals surface area contributed by atoms with Crippen LogP contribution >= 0.6 is 11.3 Å². The summed E-state index contributed by atoms with van der Waals surface area (Å²) in [6.45, 7) is 2.96. The van der Waals surface area contributed by atoms with Crippen molar-refractivity contribution in [2.45, 2.75) is 19.9 Å². The van der Waals surface area contributed by atoms with E-state index in [0.29, 0.717) is 6.54 Å². The first kappa shape index (κ1) is 10.1. The number of carbonyl (C=O) groups excluding carboxylic acids is 1. The van der Waals surface area contributed by atoms with E-state index in [4.69, 9.17) is 5.73 Å². The van der Waals surface area contributed by atoms with Gasteiger partial charge < -0.3 is 11.1 Å². The molecule has 72 valence electrons. The number of nitrogens with one attached hydrogen (secondary N) is 1. The van der Waals surface area contributed by atoms with Gasteiger partial charge in [-0.15, -0.1) is 11.3 Å². The van der Waals surface area contributed by atoms with Gasteiger partial charge in [-0.25, -0.2) is 4.98 Å². The van der Waals surface area contributed by atoms with Crippen LogP contribution in [0.3, 0.4) is 0 Å². The molecule has 0 atom stereocenters. The average Bonchev–Trinajstić information content (AvgIpc) is 2.52. The minimum atomic E-state index is -0.333. The van der Waals surface area contributed by atoms with Crippen molar-refractivity contribution in [3.05, 3.63) is 16.1 Å². The second-order valence-electron chi connectivity index (χ2n) is 2.64. The van der Waals surface area contributed by atoms with Gasteiger partial charge in [-0.1, -0.05) is 6.92 Å². The second kappa shape index (κ2) is 4.94. The van der Waals surface area contributed by atoms with Gasteiger partial charge in [0.2, 0.25) is 5.91 Å². The van der Waals surface area contributed by atoms with Crippen molar-refractivity contribution in [2.75, 3.05) is 6.54 Å². The molecular formula is C8H13N3OS. The molecule has 1 heterocycles. The van der Waals surface area contributed by atoms with Gasteiger partial charge in [0.1, 0.15) is 0 Å². The maximum Gasteiger partial charge on any atom is 0.231 e. The number of nitrogens with two attached hydrogens (primary N) is 1. The largest absolute Gasteiger partial charge is 0.369 e. The summed E-state index contributed by atoms with van der Waals surface area (Å²) in [5, 5.41) is 4.06. The van der Waals surface area contributed by atoms with Gasteiger partial charge in [0, 0.05) is 17.6 Å². The van der Waals surface area contributed by atoms with E-state index >= 15 is 0 Å².